The zero-order chi connectivity index (χ0) is 19.8. The lowest BCUT2D eigenvalue weighted by Crippen LogP contribution is -2.33. The summed E-state index contributed by atoms with van der Waals surface area (Å²) in [6.07, 6.45) is -0.198. The lowest BCUT2D eigenvalue weighted by molar-refractivity contribution is -0.387. The number of methoxy groups -OCH3 is 1. The summed E-state index contributed by atoms with van der Waals surface area (Å²) in [5, 5.41) is 30.4. The molecule has 0 spiro atoms. The Bertz CT molecular complexity index is 871. The Morgan fingerprint density at radius 3 is 2.42 bits per heavy atom. The van der Waals surface area contributed by atoms with Crippen LogP contribution in [0.25, 0.3) is 0 Å². The van der Waals surface area contributed by atoms with Gasteiger partial charge in [-0.25, -0.2) is 9.59 Å². The minimum Gasteiger partial charge on any atom is -0.480 e. The number of nitrogens with zero attached hydrogens (tertiary/aromatic N) is 2. The second kappa shape index (κ2) is 6.94. The minimum atomic E-state index is -1.58. The number of esters is 1. The van der Waals surface area contributed by atoms with Gasteiger partial charge in [0.25, 0.3) is 0 Å². The van der Waals surface area contributed by atoms with Gasteiger partial charge in [-0.2, -0.15) is 0 Å². The Morgan fingerprint density at radius 1 is 1.38 bits per heavy atom. The van der Waals surface area contributed by atoms with Crippen LogP contribution in [0.2, 0.25) is 0 Å². The summed E-state index contributed by atoms with van der Waals surface area (Å²) in [6, 6.07) is -1.40. The summed E-state index contributed by atoms with van der Waals surface area (Å²) >= 11 is 0. The number of nitro groups is 1. The summed E-state index contributed by atoms with van der Waals surface area (Å²) in [5.41, 5.74) is -3.62. The number of carbonyl (C=O) groups is 3. The van der Waals surface area contributed by atoms with Crippen LogP contribution in [0, 0.1) is 10.1 Å². The highest BCUT2D eigenvalue weighted by atomic mass is 16.6. The third-order valence-corrected chi connectivity index (χ3v) is 4.42. The SMILES string of the molecule is CCC(C(=O)OC)c1c(C(=O)O)c2n(c(=O)c1[N+](=O)[O-])C(C(=O)O)CC2. The van der Waals surface area contributed by atoms with E-state index in [1.807, 2.05) is 0 Å². The van der Waals surface area contributed by atoms with Crippen LogP contribution in [0.3, 0.4) is 0 Å². The average molecular weight is 368 g/mol. The Hall–Kier alpha value is -3.24. The van der Waals surface area contributed by atoms with Crippen LogP contribution in [-0.2, 0) is 20.7 Å². The first-order valence-electron chi connectivity index (χ1n) is 7.66. The molecule has 0 radical (unpaired) electrons. The van der Waals surface area contributed by atoms with Gasteiger partial charge < -0.3 is 14.9 Å². The average Bonchev–Trinajstić information content (AvgIpc) is 3.00. The van der Waals surface area contributed by atoms with E-state index in [0.717, 1.165) is 7.11 Å². The molecule has 2 atom stereocenters. The first-order valence-corrected chi connectivity index (χ1v) is 7.66. The summed E-state index contributed by atoms with van der Waals surface area (Å²) in [6.45, 7) is 1.49. The number of hydrogen-bond donors (Lipinski definition) is 2. The number of aromatic nitrogens is 1. The molecule has 11 nitrogen and oxygen atoms in total. The quantitative estimate of drug-likeness (QED) is 0.417. The number of rotatable bonds is 6. The first kappa shape index (κ1) is 19.1. The molecule has 0 aliphatic carbocycles. The highest BCUT2D eigenvalue weighted by Gasteiger charge is 2.43. The summed E-state index contributed by atoms with van der Waals surface area (Å²) < 4.78 is 5.22. The monoisotopic (exact) mass is 368 g/mol. The molecule has 1 aromatic heterocycles. The van der Waals surface area contributed by atoms with Gasteiger partial charge in [-0.3, -0.25) is 24.3 Å². The van der Waals surface area contributed by atoms with Gasteiger partial charge in [0.05, 0.1) is 29.1 Å². The molecule has 11 heteroatoms. The van der Waals surface area contributed by atoms with Crippen molar-refractivity contribution in [1.82, 2.24) is 4.57 Å². The topological polar surface area (TPSA) is 166 Å². The number of ether oxygens (including phenoxy) is 1. The lowest BCUT2D eigenvalue weighted by atomic mass is 9.89. The van der Waals surface area contributed by atoms with Crippen LogP contribution in [-0.4, -0.2) is 44.7 Å². The Kier molecular flexibility index (Phi) is 5.10. The molecule has 2 unspecified atom stereocenters. The van der Waals surface area contributed by atoms with E-state index in [1.165, 1.54) is 6.92 Å². The molecule has 140 valence electrons. The Labute approximate surface area is 146 Å². The molecule has 0 saturated carbocycles. The zero-order valence-corrected chi connectivity index (χ0v) is 13.9. The van der Waals surface area contributed by atoms with Crippen molar-refractivity contribution in [2.75, 3.05) is 7.11 Å². The van der Waals surface area contributed by atoms with E-state index in [9.17, 15) is 39.5 Å². The third-order valence-electron chi connectivity index (χ3n) is 4.42. The number of aromatic carboxylic acids is 1. The number of fused-ring (bicyclic) bond motifs is 1. The van der Waals surface area contributed by atoms with Gasteiger partial charge in [-0.05, 0) is 19.3 Å². The molecule has 1 aliphatic heterocycles. The van der Waals surface area contributed by atoms with Crippen molar-refractivity contribution in [3.8, 4) is 0 Å². The summed E-state index contributed by atoms with van der Waals surface area (Å²) in [4.78, 5) is 58.3. The van der Waals surface area contributed by atoms with Gasteiger partial charge in [-0.15, -0.1) is 0 Å². The molecule has 0 fully saturated rings. The van der Waals surface area contributed by atoms with Gasteiger partial charge >= 0.3 is 29.2 Å². The van der Waals surface area contributed by atoms with Crippen LogP contribution in [0.1, 0.15) is 53.3 Å². The first-order chi connectivity index (χ1) is 12.2. The number of hydrogen-bond acceptors (Lipinski definition) is 7. The van der Waals surface area contributed by atoms with Gasteiger partial charge in [0.1, 0.15) is 6.04 Å². The van der Waals surface area contributed by atoms with Gasteiger partial charge in [0, 0.05) is 5.69 Å². The van der Waals surface area contributed by atoms with Crippen molar-refractivity contribution in [3.63, 3.8) is 0 Å². The van der Waals surface area contributed by atoms with Crippen LogP contribution >= 0.6 is 0 Å². The van der Waals surface area contributed by atoms with Gasteiger partial charge in [-0.1, -0.05) is 6.92 Å². The molecular formula is C15H16N2O9. The normalized spacial score (nSPS) is 16.6. The number of carboxylic acid groups (broad SMARTS) is 2. The molecule has 2 N–H and O–H groups in total. The van der Waals surface area contributed by atoms with Crippen molar-refractivity contribution in [2.45, 2.75) is 38.1 Å². The van der Waals surface area contributed by atoms with Crippen molar-refractivity contribution in [1.29, 1.82) is 0 Å². The van der Waals surface area contributed by atoms with Crippen LogP contribution < -0.4 is 5.56 Å². The second-order valence-corrected chi connectivity index (χ2v) is 5.70. The maximum Gasteiger partial charge on any atom is 0.339 e. The molecule has 26 heavy (non-hydrogen) atoms. The molecular weight excluding hydrogens is 352 g/mol. The highest BCUT2D eigenvalue weighted by molar-refractivity contribution is 5.95. The molecule has 1 aliphatic rings. The van der Waals surface area contributed by atoms with E-state index in [2.05, 4.69) is 4.74 Å². The van der Waals surface area contributed by atoms with Gasteiger partial charge in [0.2, 0.25) is 0 Å². The fraction of sp³-hybridized carbons (Fsp3) is 0.467. The van der Waals surface area contributed by atoms with E-state index in [1.54, 1.807) is 0 Å². The maximum absolute atomic E-state index is 12.7. The molecule has 0 aromatic carbocycles. The molecule has 1 aromatic rings. The number of aliphatic carboxylic acids is 1. The molecule has 2 rings (SSSR count). The van der Waals surface area contributed by atoms with Crippen LogP contribution in [0.15, 0.2) is 4.79 Å². The number of pyridine rings is 1. The van der Waals surface area contributed by atoms with E-state index >= 15 is 0 Å². The largest absolute Gasteiger partial charge is 0.480 e. The Balaban J connectivity index is 3.01. The van der Waals surface area contributed by atoms with E-state index in [-0.39, 0.29) is 25.0 Å². The fourth-order valence-electron chi connectivity index (χ4n) is 3.34. The van der Waals surface area contributed by atoms with Gasteiger partial charge in [0.15, 0.2) is 0 Å². The maximum atomic E-state index is 12.7. The van der Waals surface area contributed by atoms with Crippen molar-refractivity contribution in [2.24, 2.45) is 0 Å². The molecule has 0 amide bonds. The molecule has 0 saturated heterocycles. The van der Waals surface area contributed by atoms with Crippen LogP contribution in [0.4, 0.5) is 5.69 Å². The van der Waals surface area contributed by atoms with Crippen molar-refractivity contribution in [3.05, 3.63) is 37.3 Å². The number of carboxylic acids is 2. The van der Waals surface area contributed by atoms with Crippen molar-refractivity contribution >= 4 is 23.6 Å². The van der Waals surface area contributed by atoms with Crippen LogP contribution in [0.5, 0.6) is 0 Å². The minimum absolute atomic E-state index is 0.0426. The van der Waals surface area contributed by atoms with E-state index in [4.69, 9.17) is 0 Å². The van der Waals surface area contributed by atoms with E-state index in [0.29, 0.717) is 4.57 Å². The second-order valence-electron chi connectivity index (χ2n) is 5.70. The molecule has 2 heterocycles. The predicted octanol–water partition coefficient (Wildman–Crippen LogP) is 0.693. The van der Waals surface area contributed by atoms with Crippen molar-refractivity contribution < 1.29 is 34.3 Å². The zero-order valence-electron chi connectivity index (χ0n) is 13.9. The summed E-state index contributed by atoms with van der Waals surface area (Å²) in [5.74, 6) is -5.24. The predicted molar refractivity (Wildman–Crippen MR) is 84.4 cm³/mol. The standard InChI is InChI=1S/C15H16N2O9/c1-3-6(15(23)26-2)9-10(14(21)22)7-4-5-8(13(19)20)16(7)12(18)11(9)17(24)25/h6,8H,3-5H2,1-2H3,(H,19,20)(H,21,22). The number of carbonyl (C=O) groups excluding carboxylic acids is 1. The lowest BCUT2D eigenvalue weighted by Gasteiger charge is -2.19. The van der Waals surface area contributed by atoms with E-state index < -0.39 is 57.2 Å². The Morgan fingerprint density at radius 2 is 2.00 bits per heavy atom. The smallest absolute Gasteiger partial charge is 0.339 e. The fourth-order valence-corrected chi connectivity index (χ4v) is 3.34. The third kappa shape index (κ3) is 2.80. The summed E-state index contributed by atoms with van der Waals surface area (Å²) in [7, 11) is 1.04. The molecule has 0 bridgehead atoms. The highest BCUT2D eigenvalue weighted by Crippen LogP contribution is 2.37.